The van der Waals surface area contributed by atoms with E-state index in [0.29, 0.717) is 0 Å². The minimum absolute atomic E-state index is 0.873. The van der Waals surface area contributed by atoms with Gasteiger partial charge in [0.1, 0.15) is 183 Å². The summed E-state index contributed by atoms with van der Waals surface area (Å²) in [4.78, 5) is 52.8. The van der Waals surface area contributed by atoms with E-state index in [4.69, 9.17) is 71.1 Å². The Morgan fingerprint density at radius 1 is 0.398 bits per heavy atom. The first-order valence-electron chi connectivity index (χ1n) is 32.6. The number of hydrogen-bond acceptors (Lipinski definition) is 42. The van der Waals surface area contributed by atoms with Crippen molar-refractivity contribution < 1.29 is 213 Å². The molecule has 8 heterocycles. The Labute approximate surface area is 582 Å². The van der Waals surface area contributed by atoms with Gasteiger partial charge in [0, 0.05) is 27.2 Å². The van der Waals surface area contributed by atoms with Crippen molar-refractivity contribution in [1.82, 2.24) is 16.0 Å². The smallest absolute Gasteiger partial charge is 0.364 e. The summed E-state index contributed by atoms with van der Waals surface area (Å²) < 4.78 is 88.9. The van der Waals surface area contributed by atoms with Gasteiger partial charge < -0.3 is 210 Å². The first-order valence-corrected chi connectivity index (χ1v) is 32.6. The standard InChI is InChI=1S/C57H95N3O43/c1-13-28(73)33(78)37(82)52(89-13)100-46-27(60-16(4)70)51(94-23(11-66)42(46)98-53-38(83)34(79)30(75)19(7-62)92-53)101-47-32(77)21(9-64)93-54(39(47)84)99-44-26(59-15(3)69)50(91-20(8-63)31(44)76)97-43-24(12-67)95-55(96-41-22(10-65)90-49(86)36(81)35(41)80)40(85)48(43)103-57(56(87)88)5-17(71)25(58-14(2)68)45(102-57)29(74)18(72)6-61/h13,17-55,61-67,71-86H,5-12H2,1-4H3,(H,58,68)(H,59,69)(H,60,70)(H,87,88)/t13-,17-,18+,19+,20+,21+,22+,23+,24+,25+,26+,27+,28+,29+,30-,31-,32-,33+,34-,35+,36+,37-,38+,39+,40+,41+,42+,43-,44+,45+,46+,47-,48+,49+,50-,51-,52-,53-,54-,55-,57-/m0/s1. The molecule has 0 spiro atoms. The third kappa shape index (κ3) is 18.3. The molecule has 0 bridgehead atoms. The molecule has 27 N–H and O–H groups in total. The predicted molar refractivity (Wildman–Crippen MR) is 315 cm³/mol. The van der Waals surface area contributed by atoms with Crippen molar-refractivity contribution in [1.29, 1.82) is 0 Å². The monoisotopic (exact) mass is 1510 g/mol. The van der Waals surface area contributed by atoms with E-state index in [9.17, 15) is 142 Å². The molecule has 8 rings (SSSR count). The highest BCUT2D eigenvalue weighted by atomic mass is 16.8. The van der Waals surface area contributed by atoms with Crippen molar-refractivity contribution in [2.75, 3.05) is 46.2 Å². The van der Waals surface area contributed by atoms with Crippen molar-refractivity contribution in [3.05, 3.63) is 0 Å². The molecule has 0 aromatic heterocycles. The lowest BCUT2D eigenvalue weighted by Gasteiger charge is -2.53. The molecule has 0 unspecified atom stereocenters. The van der Waals surface area contributed by atoms with E-state index >= 15 is 0 Å². The minimum Gasteiger partial charge on any atom is -0.477 e. The van der Waals surface area contributed by atoms with Crippen molar-refractivity contribution in [3.63, 3.8) is 0 Å². The maximum atomic E-state index is 13.7. The quantitative estimate of drug-likeness (QED) is 0.0363. The molecule has 103 heavy (non-hydrogen) atoms. The summed E-state index contributed by atoms with van der Waals surface area (Å²) in [6.45, 7) is -4.32. The number of aliphatic carboxylic acids is 1. The number of carbonyl (C=O) groups is 4. The lowest BCUT2D eigenvalue weighted by atomic mass is 9.88. The molecule has 0 aromatic rings. The Morgan fingerprint density at radius 2 is 0.777 bits per heavy atom. The first-order chi connectivity index (χ1) is 48.5. The number of carbonyl (C=O) groups excluding carboxylic acids is 3. The van der Waals surface area contributed by atoms with Gasteiger partial charge in [0.05, 0.1) is 64.5 Å². The Balaban J connectivity index is 1.16. The van der Waals surface area contributed by atoms with Gasteiger partial charge in [-0.15, -0.1) is 0 Å². The third-order valence-corrected chi connectivity index (χ3v) is 18.8. The number of nitrogens with one attached hydrogen (secondary N) is 3. The van der Waals surface area contributed by atoms with Gasteiger partial charge in [0.2, 0.25) is 17.7 Å². The van der Waals surface area contributed by atoms with Crippen LogP contribution >= 0.6 is 0 Å². The van der Waals surface area contributed by atoms with E-state index in [1.54, 1.807) is 0 Å². The Bertz CT molecular complexity index is 2720. The second-order valence-electron chi connectivity index (χ2n) is 26.0. The Kier molecular flexibility index (Phi) is 29.9. The number of carboxylic acid groups (broad SMARTS) is 1. The zero-order valence-corrected chi connectivity index (χ0v) is 55.2. The van der Waals surface area contributed by atoms with Gasteiger partial charge in [-0.3, -0.25) is 14.4 Å². The van der Waals surface area contributed by atoms with Crippen LogP contribution in [-0.2, 0) is 90.2 Å². The van der Waals surface area contributed by atoms with Crippen molar-refractivity contribution >= 4 is 23.7 Å². The average molecular weight is 1510 g/mol. The van der Waals surface area contributed by atoms with Gasteiger partial charge in [0.15, 0.2) is 44.0 Å². The zero-order valence-electron chi connectivity index (χ0n) is 55.2. The number of hydrogen-bond donors (Lipinski definition) is 27. The molecule has 8 aliphatic heterocycles. The highest BCUT2D eigenvalue weighted by Gasteiger charge is 2.64. The topological polar surface area (TPSA) is 728 Å². The maximum absolute atomic E-state index is 13.7. The molecular formula is C57H95N3O43. The predicted octanol–water partition coefficient (Wildman–Crippen LogP) is -17.8. The number of carboxylic acids is 1. The fourth-order valence-electron chi connectivity index (χ4n) is 13.3. The van der Waals surface area contributed by atoms with Gasteiger partial charge >= 0.3 is 5.97 Å². The van der Waals surface area contributed by atoms with Crippen LogP contribution in [-0.4, -0.2) is 444 Å². The van der Waals surface area contributed by atoms with Crippen molar-refractivity contribution in [3.8, 4) is 0 Å². The minimum atomic E-state index is -3.47. The molecule has 596 valence electrons. The Hall–Kier alpha value is -3.64. The van der Waals surface area contributed by atoms with E-state index in [1.807, 2.05) is 0 Å². The maximum Gasteiger partial charge on any atom is 0.364 e. The zero-order chi connectivity index (χ0) is 76.3. The van der Waals surface area contributed by atoms with Gasteiger partial charge in [-0.1, -0.05) is 0 Å². The summed E-state index contributed by atoms with van der Waals surface area (Å²) in [7, 11) is 0. The highest BCUT2D eigenvalue weighted by molar-refractivity contribution is 5.77. The van der Waals surface area contributed by atoms with Crippen LogP contribution in [0.3, 0.4) is 0 Å². The summed E-state index contributed by atoms with van der Waals surface area (Å²) in [6, 6.07) is -5.92. The summed E-state index contributed by atoms with van der Waals surface area (Å²) in [5.74, 6) is -8.66. The van der Waals surface area contributed by atoms with Gasteiger partial charge in [-0.2, -0.15) is 0 Å². The van der Waals surface area contributed by atoms with Crippen LogP contribution in [0, 0.1) is 0 Å². The van der Waals surface area contributed by atoms with Crippen LogP contribution in [0.25, 0.3) is 0 Å². The normalized spacial score (nSPS) is 48.3. The lowest BCUT2D eigenvalue weighted by molar-refractivity contribution is -0.404. The SMILES string of the molecule is CC(=O)N[C@H]1[C@H](O[C@H]2[C@@H](O)[C@@H](CO)O[C@@H](O[C@H]3[C@@H](O)[C@@H](CO)O[C@@H](O[C@@H]4[C@H](O[C@]5(C(=O)O)C[C@H](O)[C@@H](NC(C)=O)[C@H]([C@H](O)[C@H](O)CO)O5)[C@@H](O)[C@H](O[C@H]5[C@H](O)[C@@H](O)[C@H](O)O[C@@H]5CO)O[C@@H]4CO)[C@@H]3NC(C)=O)[C@@H]2O)O[C@H](CO)[C@@H](O[C@@H]2O[C@H](CO)[C@H](O)[C@H](O)[C@H]2O)[C@@H]1O[C@@H]1O[C@@H](C)[C@@H](O)[C@@H](O)[C@@H]1O. The average Bonchev–Trinajstić information content (AvgIpc) is 0.753. The number of amides is 3. The molecular weight excluding hydrogens is 1410 g/mol. The lowest BCUT2D eigenvalue weighted by Crippen LogP contribution is -2.72. The van der Waals surface area contributed by atoms with E-state index in [2.05, 4.69) is 16.0 Å². The van der Waals surface area contributed by atoms with Crippen LogP contribution in [0.1, 0.15) is 34.1 Å². The molecule has 41 atom stereocenters. The molecule has 46 heteroatoms. The van der Waals surface area contributed by atoms with Gasteiger partial charge in [-0.25, -0.2) is 4.79 Å². The van der Waals surface area contributed by atoms with Crippen molar-refractivity contribution in [2.45, 2.75) is 285 Å². The van der Waals surface area contributed by atoms with Gasteiger partial charge in [-0.05, 0) is 6.92 Å². The molecule has 3 amide bonds. The van der Waals surface area contributed by atoms with Crippen LogP contribution < -0.4 is 16.0 Å². The van der Waals surface area contributed by atoms with E-state index in [1.165, 1.54) is 6.92 Å². The fraction of sp³-hybridized carbons (Fsp3) is 0.930. The summed E-state index contributed by atoms with van der Waals surface area (Å²) in [6.07, 6.45) is -80.4. The molecule has 0 aromatic carbocycles. The highest BCUT2D eigenvalue weighted by Crippen LogP contribution is 2.42. The summed E-state index contributed by atoms with van der Waals surface area (Å²) in [5.41, 5.74) is 0. The third-order valence-electron chi connectivity index (χ3n) is 18.8. The fourth-order valence-corrected chi connectivity index (χ4v) is 13.3. The van der Waals surface area contributed by atoms with E-state index in [0.717, 1.165) is 20.8 Å². The van der Waals surface area contributed by atoms with E-state index < -0.39 is 327 Å². The molecule has 46 nitrogen and oxygen atoms in total. The molecule has 0 saturated carbocycles. The van der Waals surface area contributed by atoms with E-state index in [-0.39, 0.29) is 0 Å². The first kappa shape index (κ1) is 85.0. The molecule has 8 fully saturated rings. The van der Waals surface area contributed by atoms with Crippen LogP contribution in [0.5, 0.6) is 0 Å². The Morgan fingerprint density at radius 3 is 1.29 bits per heavy atom. The second kappa shape index (κ2) is 36.3. The summed E-state index contributed by atoms with van der Waals surface area (Å²) in [5, 5.41) is 271. The van der Waals surface area contributed by atoms with Crippen LogP contribution in [0.15, 0.2) is 0 Å². The van der Waals surface area contributed by atoms with Crippen LogP contribution in [0.4, 0.5) is 0 Å². The molecule has 0 radical (unpaired) electrons. The molecule has 8 aliphatic rings. The van der Waals surface area contributed by atoms with Crippen LogP contribution in [0.2, 0.25) is 0 Å². The summed E-state index contributed by atoms with van der Waals surface area (Å²) >= 11 is 0. The number of aliphatic hydroxyl groups excluding tert-OH is 23. The number of aliphatic hydroxyl groups is 23. The number of rotatable bonds is 27. The molecule has 8 saturated heterocycles. The second-order valence-corrected chi connectivity index (χ2v) is 26.0. The van der Waals surface area contributed by atoms with Gasteiger partial charge in [0.25, 0.3) is 5.79 Å². The largest absolute Gasteiger partial charge is 0.477 e. The molecule has 0 aliphatic carbocycles. The number of ether oxygens (including phenoxy) is 15. The van der Waals surface area contributed by atoms with Crippen molar-refractivity contribution in [2.24, 2.45) is 0 Å².